The van der Waals surface area contributed by atoms with Gasteiger partial charge in [0.2, 0.25) is 5.91 Å². The van der Waals surface area contributed by atoms with Crippen molar-refractivity contribution in [3.05, 3.63) is 64.3 Å². The summed E-state index contributed by atoms with van der Waals surface area (Å²) in [5.74, 6) is 0.890. The molecule has 3 heterocycles. The summed E-state index contributed by atoms with van der Waals surface area (Å²) in [6, 6.07) is 9.56. The van der Waals surface area contributed by atoms with Gasteiger partial charge >= 0.3 is 0 Å². The smallest absolute Gasteiger partial charge is 0.261 e. The van der Waals surface area contributed by atoms with Crippen LogP contribution in [0.15, 0.2) is 47.7 Å². The van der Waals surface area contributed by atoms with Crippen molar-refractivity contribution in [3.63, 3.8) is 0 Å². The highest BCUT2D eigenvalue weighted by Crippen LogP contribution is 2.17. The number of pyridine rings is 1. The van der Waals surface area contributed by atoms with Gasteiger partial charge in [0.15, 0.2) is 0 Å². The van der Waals surface area contributed by atoms with Gasteiger partial charge in [0, 0.05) is 38.8 Å². The highest BCUT2D eigenvalue weighted by atomic mass is 16.1. The molecule has 0 bridgehead atoms. The van der Waals surface area contributed by atoms with Gasteiger partial charge in [-0.05, 0) is 43.0 Å². The number of aromatic nitrogens is 3. The van der Waals surface area contributed by atoms with Crippen LogP contribution in [0.4, 0.5) is 5.82 Å². The van der Waals surface area contributed by atoms with Crippen LogP contribution < -0.4 is 15.8 Å². The molecular formula is C22H25N5O2. The van der Waals surface area contributed by atoms with Crippen LogP contribution in [0.3, 0.4) is 0 Å². The van der Waals surface area contributed by atoms with E-state index in [-0.39, 0.29) is 17.9 Å². The standard InChI is InChI=1S/C22H25N5O2/c1-16-5-4-6-18-21(16)25-15-27(22(18)29)12-9-20(28)24-14-17-7-8-19(23-13-17)26-10-2-3-11-26/h4-8,13,15H,2-3,9-12,14H2,1H3,(H,24,28). The fourth-order valence-corrected chi connectivity index (χ4v) is 3.66. The van der Waals surface area contributed by atoms with Crippen molar-refractivity contribution < 1.29 is 4.79 Å². The van der Waals surface area contributed by atoms with E-state index in [9.17, 15) is 9.59 Å². The van der Waals surface area contributed by atoms with E-state index in [0.717, 1.165) is 30.0 Å². The van der Waals surface area contributed by atoms with Gasteiger partial charge in [0.1, 0.15) is 5.82 Å². The van der Waals surface area contributed by atoms with E-state index >= 15 is 0 Å². The Morgan fingerprint density at radius 2 is 1.97 bits per heavy atom. The molecule has 0 unspecified atom stereocenters. The molecule has 4 rings (SSSR count). The first-order chi connectivity index (χ1) is 14.1. The number of fused-ring (bicyclic) bond motifs is 1. The topological polar surface area (TPSA) is 80.1 Å². The van der Waals surface area contributed by atoms with Crippen LogP contribution in [-0.4, -0.2) is 33.5 Å². The minimum atomic E-state index is -0.117. The lowest BCUT2D eigenvalue weighted by atomic mass is 10.1. The van der Waals surface area contributed by atoms with Crippen LogP contribution in [0.25, 0.3) is 10.9 Å². The summed E-state index contributed by atoms with van der Waals surface area (Å²) in [4.78, 5) is 36.0. The van der Waals surface area contributed by atoms with Crippen LogP contribution in [-0.2, 0) is 17.9 Å². The lowest BCUT2D eigenvalue weighted by Gasteiger charge is -2.16. The van der Waals surface area contributed by atoms with Crippen LogP contribution >= 0.6 is 0 Å². The third-order valence-corrected chi connectivity index (χ3v) is 5.36. The van der Waals surface area contributed by atoms with Crippen LogP contribution in [0.5, 0.6) is 0 Å². The number of hydrogen-bond acceptors (Lipinski definition) is 5. The maximum absolute atomic E-state index is 12.6. The molecule has 0 aliphatic carbocycles. The molecule has 0 spiro atoms. The zero-order chi connectivity index (χ0) is 20.2. The first-order valence-corrected chi connectivity index (χ1v) is 10.0. The number of hydrogen-bond donors (Lipinski definition) is 1. The van der Waals surface area contributed by atoms with Gasteiger partial charge in [0.25, 0.3) is 5.56 Å². The molecule has 1 aliphatic rings. The van der Waals surface area contributed by atoms with E-state index in [1.807, 2.05) is 37.4 Å². The molecule has 2 aromatic heterocycles. The summed E-state index contributed by atoms with van der Waals surface area (Å²) in [7, 11) is 0. The monoisotopic (exact) mass is 391 g/mol. The molecule has 1 fully saturated rings. The summed E-state index contributed by atoms with van der Waals surface area (Å²) in [6.07, 6.45) is 5.99. The number of carbonyl (C=O) groups is 1. The Morgan fingerprint density at radius 1 is 1.14 bits per heavy atom. The predicted octanol–water partition coefficient (Wildman–Crippen LogP) is 2.41. The SMILES string of the molecule is Cc1cccc2c(=O)n(CCC(=O)NCc3ccc(N4CCCC4)nc3)cnc12. The zero-order valence-electron chi connectivity index (χ0n) is 16.6. The van der Waals surface area contributed by atoms with Gasteiger partial charge in [-0.1, -0.05) is 18.2 Å². The number of amides is 1. The van der Waals surface area contributed by atoms with E-state index in [2.05, 4.69) is 20.2 Å². The highest BCUT2D eigenvalue weighted by molar-refractivity contribution is 5.80. The lowest BCUT2D eigenvalue weighted by Crippen LogP contribution is -2.27. The van der Waals surface area contributed by atoms with Gasteiger partial charge in [0.05, 0.1) is 17.2 Å². The van der Waals surface area contributed by atoms with E-state index in [1.54, 1.807) is 6.07 Å². The van der Waals surface area contributed by atoms with Crippen molar-refractivity contribution in [2.75, 3.05) is 18.0 Å². The summed E-state index contributed by atoms with van der Waals surface area (Å²) in [6.45, 7) is 4.78. The van der Waals surface area contributed by atoms with Crippen molar-refractivity contribution in [2.45, 2.75) is 39.3 Å². The molecule has 0 radical (unpaired) electrons. The maximum Gasteiger partial charge on any atom is 0.261 e. The van der Waals surface area contributed by atoms with Crippen LogP contribution in [0, 0.1) is 6.92 Å². The number of aryl methyl sites for hydroxylation is 2. The second-order valence-electron chi connectivity index (χ2n) is 7.46. The molecule has 7 heteroatoms. The Labute approximate surface area is 169 Å². The van der Waals surface area contributed by atoms with Gasteiger partial charge in [-0.25, -0.2) is 9.97 Å². The molecule has 3 aromatic rings. The number of nitrogens with one attached hydrogen (secondary N) is 1. The van der Waals surface area contributed by atoms with Crippen molar-refractivity contribution in [1.82, 2.24) is 19.9 Å². The van der Waals surface area contributed by atoms with E-state index in [0.29, 0.717) is 24.0 Å². The fraction of sp³-hybridized carbons (Fsp3) is 0.364. The molecule has 1 N–H and O–H groups in total. The molecular weight excluding hydrogens is 366 g/mol. The first-order valence-electron chi connectivity index (χ1n) is 10.0. The van der Waals surface area contributed by atoms with Crippen molar-refractivity contribution in [3.8, 4) is 0 Å². The number of rotatable bonds is 6. The number of carbonyl (C=O) groups excluding carboxylic acids is 1. The van der Waals surface area contributed by atoms with Gasteiger partial charge in [-0.2, -0.15) is 0 Å². The Bertz CT molecular complexity index is 1070. The van der Waals surface area contributed by atoms with E-state index < -0.39 is 0 Å². The third-order valence-electron chi connectivity index (χ3n) is 5.36. The zero-order valence-corrected chi connectivity index (χ0v) is 16.6. The van der Waals surface area contributed by atoms with Crippen LogP contribution in [0.2, 0.25) is 0 Å². The first kappa shape index (κ1) is 19.1. The molecule has 1 aromatic carbocycles. The quantitative estimate of drug-likeness (QED) is 0.698. The number of para-hydroxylation sites is 1. The Kier molecular flexibility index (Phi) is 5.55. The number of anilines is 1. The maximum atomic E-state index is 12.6. The minimum Gasteiger partial charge on any atom is -0.357 e. The van der Waals surface area contributed by atoms with Crippen molar-refractivity contribution in [1.29, 1.82) is 0 Å². The fourth-order valence-electron chi connectivity index (χ4n) is 3.66. The molecule has 150 valence electrons. The Morgan fingerprint density at radius 3 is 2.72 bits per heavy atom. The van der Waals surface area contributed by atoms with Gasteiger partial charge < -0.3 is 10.2 Å². The molecule has 1 aliphatic heterocycles. The molecule has 1 saturated heterocycles. The largest absolute Gasteiger partial charge is 0.357 e. The summed E-state index contributed by atoms with van der Waals surface area (Å²) >= 11 is 0. The number of benzene rings is 1. The molecule has 29 heavy (non-hydrogen) atoms. The normalized spacial score (nSPS) is 13.8. The van der Waals surface area contributed by atoms with Crippen molar-refractivity contribution in [2.24, 2.45) is 0 Å². The summed E-state index contributed by atoms with van der Waals surface area (Å²) in [5.41, 5.74) is 2.52. The average Bonchev–Trinajstić information content (AvgIpc) is 3.28. The summed E-state index contributed by atoms with van der Waals surface area (Å²) in [5, 5.41) is 3.48. The van der Waals surface area contributed by atoms with Gasteiger partial charge in [-0.15, -0.1) is 0 Å². The molecule has 7 nitrogen and oxygen atoms in total. The van der Waals surface area contributed by atoms with Gasteiger partial charge in [-0.3, -0.25) is 14.2 Å². The predicted molar refractivity (Wildman–Crippen MR) is 113 cm³/mol. The Balaban J connectivity index is 1.32. The second-order valence-corrected chi connectivity index (χ2v) is 7.46. The minimum absolute atomic E-state index is 0.107. The highest BCUT2D eigenvalue weighted by Gasteiger charge is 2.13. The molecule has 0 saturated carbocycles. The van der Waals surface area contributed by atoms with Crippen molar-refractivity contribution >= 4 is 22.6 Å². The van der Waals surface area contributed by atoms with E-state index in [1.165, 1.54) is 23.7 Å². The Hall–Kier alpha value is -3.22. The number of nitrogens with zero attached hydrogens (tertiary/aromatic N) is 4. The second kappa shape index (κ2) is 8.43. The molecule has 1 amide bonds. The molecule has 0 atom stereocenters. The third kappa shape index (κ3) is 4.29. The van der Waals surface area contributed by atoms with E-state index in [4.69, 9.17) is 0 Å². The average molecular weight is 391 g/mol. The summed E-state index contributed by atoms with van der Waals surface area (Å²) < 4.78 is 1.49. The lowest BCUT2D eigenvalue weighted by molar-refractivity contribution is -0.121. The van der Waals surface area contributed by atoms with Crippen LogP contribution in [0.1, 0.15) is 30.4 Å².